The Kier molecular flexibility index (Phi) is 10.0. The molecule has 0 saturated carbocycles. The third-order valence-corrected chi connectivity index (χ3v) is 6.50. The van der Waals surface area contributed by atoms with Crippen LogP contribution in [-0.2, 0) is 20.0 Å². The van der Waals surface area contributed by atoms with E-state index in [4.69, 9.17) is 9.05 Å². The Morgan fingerprint density at radius 3 is 1.94 bits per heavy atom. The summed E-state index contributed by atoms with van der Waals surface area (Å²) in [5.74, 6) is 0.895. The molecule has 0 rings (SSSR count). The fourth-order valence-electron chi connectivity index (χ4n) is 1.31. The summed E-state index contributed by atoms with van der Waals surface area (Å²) in [6, 6.07) is 0. The average molecular weight is 271 g/mol. The van der Waals surface area contributed by atoms with Gasteiger partial charge in [0.1, 0.15) is 0 Å². The molecule has 0 aliphatic heterocycles. The quantitative estimate of drug-likeness (QED) is 0.496. The van der Waals surface area contributed by atoms with Gasteiger partial charge in [0.25, 0.3) is 6.72 Å². The predicted molar refractivity (Wildman–Crippen MR) is 73.8 cm³/mol. The third kappa shape index (κ3) is 7.05. The fraction of sp³-hybridized carbons (Fsp3) is 1.00. The van der Waals surface area contributed by atoms with Crippen molar-refractivity contribution in [2.75, 3.05) is 38.6 Å². The van der Waals surface area contributed by atoms with Gasteiger partial charge >= 0.3 is 0 Å². The van der Waals surface area contributed by atoms with E-state index in [1.807, 2.05) is 13.8 Å². The lowest BCUT2D eigenvalue weighted by molar-refractivity contribution is 0.212. The lowest BCUT2D eigenvalue weighted by atomic mass is 10.5. The predicted octanol–water partition coefficient (Wildman–Crippen LogP) is 1.89. The molecule has 0 fully saturated rings. The van der Waals surface area contributed by atoms with Gasteiger partial charge in [0, 0.05) is 12.3 Å². The topological polar surface area (TPSA) is 41.9 Å². The van der Waals surface area contributed by atoms with E-state index in [0.717, 1.165) is 36.3 Å². The number of nitrogens with zero attached hydrogens (tertiary/aromatic N) is 1. The zero-order valence-corrected chi connectivity index (χ0v) is 12.6. The Hall–Kier alpha value is 0.620. The first kappa shape index (κ1) is 16.6. The molecule has 4 nitrogen and oxygen atoms in total. The van der Waals surface area contributed by atoms with Gasteiger partial charge in [-0.3, -0.25) is 0 Å². The summed E-state index contributed by atoms with van der Waals surface area (Å²) in [6.07, 6.45) is 0. The molecule has 0 aromatic carbocycles. The normalized spacial score (nSPS) is 12.4. The maximum atomic E-state index is 10.1. The van der Waals surface area contributed by atoms with E-state index in [0.29, 0.717) is 13.2 Å². The summed E-state index contributed by atoms with van der Waals surface area (Å²) in [5, 5.41) is 0. The number of rotatable bonds is 9. The maximum absolute atomic E-state index is 10.1. The summed E-state index contributed by atoms with van der Waals surface area (Å²) in [4.78, 5) is 12.4. The molecule has 0 unspecified atom stereocenters. The van der Waals surface area contributed by atoms with Crippen LogP contribution >= 0.6 is 6.72 Å². The van der Waals surface area contributed by atoms with Crippen LogP contribution in [0.2, 0.25) is 0 Å². The van der Waals surface area contributed by atoms with Gasteiger partial charge in [0.05, 0.1) is 13.2 Å². The largest absolute Gasteiger partial charge is 0.328 e. The molecule has 100 valence electrons. The molecule has 1 N–H and O–H groups in total. The molecule has 0 bridgehead atoms. The van der Waals surface area contributed by atoms with Crippen LogP contribution in [0.3, 0.4) is 0 Å². The first-order valence-electron chi connectivity index (χ1n) is 5.94. The van der Waals surface area contributed by atoms with Gasteiger partial charge in [-0.05, 0) is 26.9 Å². The van der Waals surface area contributed by atoms with Gasteiger partial charge < -0.3 is 18.8 Å². The fourth-order valence-corrected chi connectivity index (χ4v) is 5.05. The van der Waals surface area contributed by atoms with Crippen molar-refractivity contribution >= 4 is 17.7 Å². The van der Waals surface area contributed by atoms with E-state index in [1.54, 1.807) is 0 Å². The smallest absolute Gasteiger partial charge is 0.279 e. The number of hydrogen-bond acceptors (Lipinski definition) is 3. The highest BCUT2D eigenvalue weighted by molar-refractivity contribution is 8.17. The van der Waals surface area contributed by atoms with Crippen molar-refractivity contribution in [1.29, 1.82) is 0 Å². The zero-order chi connectivity index (χ0) is 12.4. The maximum Gasteiger partial charge on any atom is 0.279 e. The molecule has 0 atom stereocenters. The second-order valence-electron chi connectivity index (χ2n) is 3.22. The minimum Gasteiger partial charge on any atom is -0.328 e. The van der Waals surface area contributed by atoms with E-state index in [9.17, 15) is 4.89 Å². The van der Waals surface area contributed by atoms with Crippen LogP contribution in [0.5, 0.6) is 0 Å². The van der Waals surface area contributed by atoms with Crippen LogP contribution in [0.15, 0.2) is 0 Å². The molecule has 16 heavy (non-hydrogen) atoms. The first-order chi connectivity index (χ1) is 7.61. The van der Waals surface area contributed by atoms with Gasteiger partial charge in [-0.2, -0.15) is 0 Å². The monoisotopic (exact) mass is 271 g/mol. The van der Waals surface area contributed by atoms with Crippen molar-refractivity contribution in [2.24, 2.45) is 0 Å². The van der Waals surface area contributed by atoms with E-state index >= 15 is 0 Å². The number of hydrogen-bond donors (Lipinski definition) is 2. The van der Waals surface area contributed by atoms with Crippen molar-refractivity contribution in [1.82, 2.24) is 4.90 Å². The van der Waals surface area contributed by atoms with Crippen molar-refractivity contribution in [3.05, 3.63) is 0 Å². The third-order valence-electron chi connectivity index (χ3n) is 2.18. The van der Waals surface area contributed by atoms with Crippen molar-refractivity contribution < 1.29 is 13.9 Å². The molecule has 0 heterocycles. The summed E-state index contributed by atoms with van der Waals surface area (Å²) in [5.41, 5.74) is 0. The minimum absolute atomic E-state index is 0.503. The zero-order valence-electron chi connectivity index (χ0n) is 10.8. The minimum atomic E-state index is -2.60. The Balaban J connectivity index is 4.22. The highest BCUT2D eigenvalue weighted by Gasteiger charge is 2.13. The van der Waals surface area contributed by atoms with Gasteiger partial charge in [0.2, 0.25) is 0 Å². The van der Waals surface area contributed by atoms with E-state index in [-0.39, 0.29) is 0 Å². The Morgan fingerprint density at radius 1 is 1.06 bits per heavy atom. The van der Waals surface area contributed by atoms with E-state index in [2.05, 4.69) is 18.7 Å². The first-order valence-corrected chi connectivity index (χ1v) is 9.30. The van der Waals surface area contributed by atoms with Crippen LogP contribution < -0.4 is 0 Å². The van der Waals surface area contributed by atoms with E-state index in [1.165, 1.54) is 0 Å². The highest BCUT2D eigenvalue weighted by atomic mass is 32.5. The van der Waals surface area contributed by atoms with Gasteiger partial charge in [0.15, 0.2) is 0 Å². The molecule has 0 amide bonds. The standard InChI is InChI=1S/C10H26NO3PS/c1-5-11(6-2)9-10-16-15(12,13-7-3)14-8-4/h12,16H,5-10H2,1-4H3. The van der Waals surface area contributed by atoms with Gasteiger partial charge in [-0.25, -0.2) is 0 Å². The molecular formula is C10H26NO3PS. The SMILES string of the molecule is CCOP(O)(OCC)=[SH]CCN(CC)CC. The Morgan fingerprint density at radius 2 is 1.56 bits per heavy atom. The molecule has 0 aliphatic rings. The van der Waals surface area contributed by atoms with Crippen LogP contribution in [0.4, 0.5) is 0 Å². The molecular weight excluding hydrogens is 245 g/mol. The van der Waals surface area contributed by atoms with E-state index < -0.39 is 6.72 Å². The van der Waals surface area contributed by atoms with Crippen LogP contribution in [0.1, 0.15) is 27.7 Å². The molecule has 0 saturated heterocycles. The molecule has 0 spiro atoms. The lowest BCUT2D eigenvalue weighted by Crippen LogP contribution is -2.26. The van der Waals surface area contributed by atoms with Crippen molar-refractivity contribution in [3.8, 4) is 0 Å². The second-order valence-corrected chi connectivity index (χ2v) is 7.81. The van der Waals surface area contributed by atoms with Crippen molar-refractivity contribution in [2.45, 2.75) is 27.7 Å². The molecule has 0 aliphatic carbocycles. The Labute approximate surface area is 103 Å². The molecule has 0 aromatic heterocycles. The van der Waals surface area contributed by atoms with Crippen molar-refractivity contribution in [3.63, 3.8) is 0 Å². The highest BCUT2D eigenvalue weighted by Crippen LogP contribution is 2.45. The Bertz CT molecular complexity index is 212. The molecule has 0 aromatic rings. The second kappa shape index (κ2) is 9.63. The summed E-state index contributed by atoms with van der Waals surface area (Å²) in [6.45, 7) is 9.53. The van der Waals surface area contributed by atoms with Crippen LogP contribution in [0, 0.1) is 0 Å². The number of thiol groups is 1. The summed E-state index contributed by atoms with van der Waals surface area (Å²) < 4.78 is 10.7. The summed E-state index contributed by atoms with van der Waals surface area (Å²) in [7, 11) is 0.891. The van der Waals surface area contributed by atoms with Crippen LogP contribution in [-0.4, -0.2) is 48.4 Å². The van der Waals surface area contributed by atoms with Gasteiger partial charge in [-0.1, -0.05) is 13.8 Å². The molecule has 6 heteroatoms. The lowest BCUT2D eigenvalue weighted by Gasteiger charge is -2.20. The average Bonchev–Trinajstić information content (AvgIpc) is 2.25. The van der Waals surface area contributed by atoms with Crippen LogP contribution in [0.25, 0.3) is 0 Å². The summed E-state index contributed by atoms with van der Waals surface area (Å²) >= 11 is 0. The molecule has 0 radical (unpaired) electrons. The van der Waals surface area contributed by atoms with Gasteiger partial charge in [-0.15, -0.1) is 10.9 Å².